The van der Waals surface area contributed by atoms with Gasteiger partial charge in [0.1, 0.15) is 9.84 Å². The topological polar surface area (TPSA) is 55.4 Å². The minimum atomic E-state index is -2.84. The van der Waals surface area contributed by atoms with Gasteiger partial charge in [-0.15, -0.1) is 0 Å². The van der Waals surface area contributed by atoms with Crippen LogP contribution in [0.5, 0.6) is 0 Å². The molecule has 20 heavy (non-hydrogen) atoms. The first kappa shape index (κ1) is 17.9. The Labute approximate surface area is 124 Å². The lowest BCUT2D eigenvalue weighted by molar-refractivity contribution is 0.0764. The van der Waals surface area contributed by atoms with E-state index in [4.69, 9.17) is 4.74 Å². The second kappa shape index (κ2) is 9.00. The van der Waals surface area contributed by atoms with Gasteiger partial charge in [-0.3, -0.25) is 0 Å². The average molecular weight is 305 g/mol. The summed E-state index contributed by atoms with van der Waals surface area (Å²) in [7, 11) is -2.84. The number of nitrogens with one attached hydrogen (secondary N) is 1. The number of hydrogen-bond donors (Lipinski definition) is 1. The fourth-order valence-electron chi connectivity index (χ4n) is 3.01. The van der Waals surface area contributed by atoms with E-state index in [1.807, 2.05) is 0 Å². The summed E-state index contributed by atoms with van der Waals surface area (Å²) in [6.07, 6.45) is 5.28. The molecule has 1 fully saturated rings. The fourth-order valence-corrected chi connectivity index (χ4v) is 3.91. The second-order valence-electron chi connectivity index (χ2n) is 5.71. The highest BCUT2D eigenvalue weighted by Gasteiger charge is 2.33. The van der Waals surface area contributed by atoms with Gasteiger partial charge in [-0.1, -0.05) is 20.8 Å². The molecule has 0 bridgehead atoms. The summed E-state index contributed by atoms with van der Waals surface area (Å²) >= 11 is 0. The SMILES string of the molecule is CCCNC(CCCS(=O)(=O)CC)C1CCOC1CC. The van der Waals surface area contributed by atoms with Crippen molar-refractivity contribution >= 4 is 9.84 Å². The maximum Gasteiger partial charge on any atom is 0.150 e. The third-order valence-electron chi connectivity index (χ3n) is 4.25. The van der Waals surface area contributed by atoms with Crippen LogP contribution in [-0.2, 0) is 14.6 Å². The van der Waals surface area contributed by atoms with Crippen molar-refractivity contribution in [3.05, 3.63) is 0 Å². The number of ether oxygens (including phenoxy) is 1. The Morgan fingerprint density at radius 3 is 2.65 bits per heavy atom. The lowest BCUT2D eigenvalue weighted by Crippen LogP contribution is -2.40. The fraction of sp³-hybridized carbons (Fsp3) is 1.00. The lowest BCUT2D eigenvalue weighted by atomic mass is 9.88. The van der Waals surface area contributed by atoms with E-state index in [2.05, 4.69) is 19.2 Å². The van der Waals surface area contributed by atoms with E-state index in [1.54, 1.807) is 6.92 Å². The molecule has 5 heteroatoms. The van der Waals surface area contributed by atoms with Gasteiger partial charge in [0.05, 0.1) is 11.9 Å². The van der Waals surface area contributed by atoms with Gasteiger partial charge in [-0.2, -0.15) is 0 Å². The predicted molar refractivity (Wildman–Crippen MR) is 83.8 cm³/mol. The molecule has 0 aromatic heterocycles. The molecular formula is C15H31NO3S. The van der Waals surface area contributed by atoms with E-state index < -0.39 is 9.84 Å². The molecule has 1 rings (SSSR count). The molecule has 4 nitrogen and oxygen atoms in total. The minimum absolute atomic E-state index is 0.254. The summed E-state index contributed by atoms with van der Waals surface area (Å²) in [6.45, 7) is 7.90. The first-order valence-corrected chi connectivity index (χ1v) is 9.91. The summed E-state index contributed by atoms with van der Waals surface area (Å²) < 4.78 is 29.0. The quantitative estimate of drug-likeness (QED) is 0.673. The van der Waals surface area contributed by atoms with Gasteiger partial charge in [0.25, 0.3) is 0 Å². The van der Waals surface area contributed by atoms with Gasteiger partial charge >= 0.3 is 0 Å². The molecule has 1 saturated heterocycles. The number of hydrogen-bond acceptors (Lipinski definition) is 4. The van der Waals surface area contributed by atoms with Crippen LogP contribution in [0.15, 0.2) is 0 Å². The summed E-state index contributed by atoms with van der Waals surface area (Å²) in [5.41, 5.74) is 0. The Morgan fingerprint density at radius 1 is 1.30 bits per heavy atom. The normalized spacial score (nSPS) is 24.9. The summed E-state index contributed by atoms with van der Waals surface area (Å²) in [4.78, 5) is 0. The van der Waals surface area contributed by atoms with E-state index in [0.717, 1.165) is 45.3 Å². The Bertz CT molecular complexity index is 356. The molecule has 1 heterocycles. The van der Waals surface area contributed by atoms with Gasteiger partial charge < -0.3 is 10.1 Å². The zero-order chi connectivity index (χ0) is 15.0. The smallest absolute Gasteiger partial charge is 0.150 e. The molecule has 3 atom stereocenters. The van der Waals surface area contributed by atoms with Crippen LogP contribution in [0.4, 0.5) is 0 Å². The van der Waals surface area contributed by atoms with Crippen LogP contribution in [0.1, 0.15) is 52.9 Å². The largest absolute Gasteiger partial charge is 0.378 e. The van der Waals surface area contributed by atoms with E-state index in [0.29, 0.717) is 23.8 Å². The molecule has 120 valence electrons. The molecule has 0 amide bonds. The first-order chi connectivity index (χ1) is 9.54. The van der Waals surface area contributed by atoms with E-state index in [9.17, 15) is 8.42 Å². The third kappa shape index (κ3) is 5.70. The van der Waals surface area contributed by atoms with Crippen LogP contribution in [0, 0.1) is 5.92 Å². The van der Waals surface area contributed by atoms with Crippen LogP contribution in [0.25, 0.3) is 0 Å². The minimum Gasteiger partial charge on any atom is -0.378 e. The van der Waals surface area contributed by atoms with Crippen molar-refractivity contribution in [3.63, 3.8) is 0 Å². The second-order valence-corrected chi connectivity index (χ2v) is 8.18. The number of rotatable bonds is 10. The first-order valence-electron chi connectivity index (χ1n) is 8.09. The zero-order valence-corrected chi connectivity index (χ0v) is 14.0. The summed E-state index contributed by atoms with van der Waals surface area (Å²) in [5, 5.41) is 3.61. The van der Waals surface area contributed by atoms with Gasteiger partial charge in [0.15, 0.2) is 0 Å². The maximum atomic E-state index is 11.6. The zero-order valence-electron chi connectivity index (χ0n) is 13.2. The van der Waals surface area contributed by atoms with Crippen LogP contribution < -0.4 is 5.32 Å². The predicted octanol–water partition coefficient (Wildman–Crippen LogP) is 2.38. The van der Waals surface area contributed by atoms with E-state index in [-0.39, 0.29) is 5.75 Å². The highest BCUT2D eigenvalue weighted by molar-refractivity contribution is 7.91. The Hall–Kier alpha value is -0.130. The third-order valence-corrected chi connectivity index (χ3v) is 6.04. The van der Waals surface area contributed by atoms with Crippen molar-refractivity contribution in [3.8, 4) is 0 Å². The van der Waals surface area contributed by atoms with E-state index >= 15 is 0 Å². The van der Waals surface area contributed by atoms with Crippen molar-refractivity contribution in [1.29, 1.82) is 0 Å². The van der Waals surface area contributed by atoms with Gasteiger partial charge in [0, 0.05) is 24.3 Å². The van der Waals surface area contributed by atoms with Crippen molar-refractivity contribution in [1.82, 2.24) is 5.32 Å². The highest BCUT2D eigenvalue weighted by Crippen LogP contribution is 2.28. The van der Waals surface area contributed by atoms with Crippen molar-refractivity contribution < 1.29 is 13.2 Å². The van der Waals surface area contributed by atoms with Gasteiger partial charge in [-0.05, 0) is 38.6 Å². The van der Waals surface area contributed by atoms with Gasteiger partial charge in [0.2, 0.25) is 0 Å². The Balaban J connectivity index is 2.51. The van der Waals surface area contributed by atoms with Crippen LogP contribution in [0.2, 0.25) is 0 Å². The monoisotopic (exact) mass is 305 g/mol. The highest BCUT2D eigenvalue weighted by atomic mass is 32.2. The van der Waals surface area contributed by atoms with Crippen molar-refractivity contribution in [2.45, 2.75) is 65.0 Å². The summed E-state index contributed by atoms with van der Waals surface area (Å²) in [5.74, 6) is 1.11. The maximum absolute atomic E-state index is 11.6. The summed E-state index contributed by atoms with van der Waals surface area (Å²) in [6, 6.07) is 0.398. The van der Waals surface area contributed by atoms with Crippen LogP contribution in [0.3, 0.4) is 0 Å². The molecule has 1 aliphatic heterocycles. The molecule has 0 aromatic rings. The average Bonchev–Trinajstić information content (AvgIpc) is 2.90. The Morgan fingerprint density at radius 2 is 2.05 bits per heavy atom. The standard InChI is InChI=1S/C15H31NO3S/c1-4-10-16-14(8-7-12-20(17,18)6-3)13-9-11-19-15(13)5-2/h13-16H,4-12H2,1-3H3. The lowest BCUT2D eigenvalue weighted by Gasteiger charge is -2.28. The molecule has 0 spiro atoms. The molecular weight excluding hydrogens is 274 g/mol. The molecule has 0 aromatic carbocycles. The molecule has 0 radical (unpaired) electrons. The van der Waals surface area contributed by atoms with Crippen LogP contribution >= 0.6 is 0 Å². The van der Waals surface area contributed by atoms with Crippen LogP contribution in [-0.4, -0.2) is 45.2 Å². The Kier molecular flexibility index (Phi) is 8.07. The molecule has 1 N–H and O–H groups in total. The van der Waals surface area contributed by atoms with Crippen molar-refractivity contribution in [2.24, 2.45) is 5.92 Å². The van der Waals surface area contributed by atoms with Gasteiger partial charge in [-0.25, -0.2) is 8.42 Å². The molecule has 1 aliphatic rings. The molecule has 3 unspecified atom stereocenters. The molecule has 0 aliphatic carbocycles. The number of sulfone groups is 1. The molecule has 0 saturated carbocycles. The van der Waals surface area contributed by atoms with E-state index in [1.165, 1.54) is 0 Å². The van der Waals surface area contributed by atoms with Crippen molar-refractivity contribution in [2.75, 3.05) is 24.7 Å².